The number of carbonyl (C=O) groups is 4. The number of benzene rings is 3. The third-order valence-electron chi connectivity index (χ3n) is 8.47. The topological polar surface area (TPSA) is 114 Å². The number of imide groups is 1. The van der Waals surface area contributed by atoms with Gasteiger partial charge in [-0.1, -0.05) is 30.3 Å². The molecule has 10 nitrogen and oxygen atoms in total. The number of amides is 4. The highest BCUT2D eigenvalue weighted by molar-refractivity contribution is 6.05. The van der Waals surface area contributed by atoms with Gasteiger partial charge in [0.25, 0.3) is 11.8 Å². The maximum absolute atomic E-state index is 13.7. The molecule has 1 N–H and O–H groups in total. The number of carbonyl (C=O) groups excluding carboxylic acids is 4. The van der Waals surface area contributed by atoms with Gasteiger partial charge in [0, 0.05) is 30.6 Å². The van der Waals surface area contributed by atoms with Crippen molar-refractivity contribution in [3.8, 4) is 17.2 Å². The van der Waals surface area contributed by atoms with Gasteiger partial charge in [-0.2, -0.15) is 0 Å². The van der Waals surface area contributed by atoms with E-state index in [2.05, 4.69) is 5.32 Å². The zero-order valence-corrected chi connectivity index (χ0v) is 24.6. The van der Waals surface area contributed by atoms with E-state index in [1.165, 1.54) is 4.90 Å². The van der Waals surface area contributed by atoms with Crippen LogP contribution in [-0.4, -0.2) is 65.8 Å². The molecule has 1 unspecified atom stereocenters. The Labute approximate surface area is 255 Å². The fourth-order valence-corrected chi connectivity index (χ4v) is 6.10. The van der Waals surface area contributed by atoms with E-state index in [4.69, 9.17) is 14.2 Å². The second-order valence-electron chi connectivity index (χ2n) is 11.3. The molecule has 44 heavy (non-hydrogen) atoms. The van der Waals surface area contributed by atoms with Gasteiger partial charge in [-0.05, 0) is 73.2 Å². The van der Waals surface area contributed by atoms with Crippen molar-refractivity contribution in [1.29, 1.82) is 0 Å². The Morgan fingerprint density at radius 1 is 0.932 bits per heavy atom. The Morgan fingerprint density at radius 3 is 2.57 bits per heavy atom. The quantitative estimate of drug-likeness (QED) is 0.369. The van der Waals surface area contributed by atoms with Gasteiger partial charge < -0.3 is 24.0 Å². The molecule has 0 spiro atoms. The SMILES string of the molecule is COc1ccc(C(=O)N2CCCC[C@H]2COc2ccc3c(c2)CN(C2CCC(=O)NC2=O)C3=O)cc1OCc1ccccc1. The molecule has 0 bridgehead atoms. The smallest absolute Gasteiger partial charge is 0.255 e. The summed E-state index contributed by atoms with van der Waals surface area (Å²) < 4.78 is 17.7. The summed E-state index contributed by atoms with van der Waals surface area (Å²) in [5, 5.41) is 2.33. The van der Waals surface area contributed by atoms with Crippen LogP contribution in [0.3, 0.4) is 0 Å². The number of nitrogens with one attached hydrogen (secondary N) is 1. The number of rotatable bonds is 9. The van der Waals surface area contributed by atoms with Gasteiger partial charge >= 0.3 is 0 Å². The molecule has 10 heteroatoms. The highest BCUT2D eigenvalue weighted by Crippen LogP contribution is 2.32. The van der Waals surface area contributed by atoms with Crippen LogP contribution < -0.4 is 19.5 Å². The normalized spacial score (nSPS) is 19.8. The van der Waals surface area contributed by atoms with Gasteiger partial charge in [0.2, 0.25) is 11.8 Å². The number of hydrogen-bond donors (Lipinski definition) is 1. The molecule has 3 aromatic carbocycles. The fourth-order valence-electron chi connectivity index (χ4n) is 6.10. The van der Waals surface area contributed by atoms with Crippen LogP contribution in [0.5, 0.6) is 17.2 Å². The number of likely N-dealkylation sites (tertiary alicyclic amines) is 1. The Morgan fingerprint density at radius 2 is 1.77 bits per heavy atom. The first kappa shape index (κ1) is 29.2. The van der Waals surface area contributed by atoms with E-state index < -0.39 is 11.9 Å². The van der Waals surface area contributed by atoms with Crippen molar-refractivity contribution < 1.29 is 33.4 Å². The lowest BCUT2D eigenvalue weighted by Crippen LogP contribution is -2.52. The largest absolute Gasteiger partial charge is 0.493 e. The third-order valence-corrected chi connectivity index (χ3v) is 8.47. The lowest BCUT2D eigenvalue weighted by atomic mass is 10.0. The van der Waals surface area contributed by atoms with Crippen molar-refractivity contribution in [3.05, 3.63) is 89.0 Å². The molecule has 3 aliphatic rings. The lowest BCUT2D eigenvalue weighted by Gasteiger charge is -2.35. The summed E-state index contributed by atoms with van der Waals surface area (Å²) in [6.07, 6.45) is 3.23. The number of piperidine rings is 2. The predicted molar refractivity (Wildman–Crippen MR) is 160 cm³/mol. The summed E-state index contributed by atoms with van der Waals surface area (Å²) in [4.78, 5) is 54.1. The molecule has 0 aliphatic carbocycles. The van der Waals surface area contributed by atoms with Crippen LogP contribution in [0.15, 0.2) is 66.7 Å². The Kier molecular flexibility index (Phi) is 8.49. The van der Waals surface area contributed by atoms with E-state index in [1.807, 2.05) is 41.3 Å². The summed E-state index contributed by atoms with van der Waals surface area (Å²) in [5.41, 5.74) is 2.83. The van der Waals surface area contributed by atoms with Gasteiger partial charge in [-0.15, -0.1) is 0 Å². The van der Waals surface area contributed by atoms with Crippen molar-refractivity contribution >= 4 is 23.6 Å². The van der Waals surface area contributed by atoms with Gasteiger partial charge in [-0.25, -0.2) is 0 Å². The maximum Gasteiger partial charge on any atom is 0.255 e. The first-order chi connectivity index (χ1) is 21.4. The number of methoxy groups -OCH3 is 1. The average molecular weight is 598 g/mol. The van der Waals surface area contributed by atoms with Crippen LogP contribution in [0.25, 0.3) is 0 Å². The Balaban J connectivity index is 1.11. The monoisotopic (exact) mass is 597 g/mol. The summed E-state index contributed by atoms with van der Waals surface area (Å²) in [7, 11) is 1.57. The van der Waals surface area contributed by atoms with Gasteiger partial charge in [-0.3, -0.25) is 24.5 Å². The molecule has 3 heterocycles. The Hall–Kier alpha value is -4.86. The summed E-state index contributed by atoms with van der Waals surface area (Å²) in [6, 6.07) is 19.6. The minimum Gasteiger partial charge on any atom is -0.493 e. The van der Waals surface area contributed by atoms with Crippen molar-refractivity contribution in [2.24, 2.45) is 0 Å². The molecule has 0 aromatic heterocycles. The molecule has 6 rings (SSSR count). The molecule has 2 fully saturated rings. The average Bonchev–Trinajstić information content (AvgIpc) is 3.37. The Bertz CT molecular complexity index is 1570. The summed E-state index contributed by atoms with van der Waals surface area (Å²) in [6.45, 7) is 1.56. The van der Waals surface area contributed by atoms with Crippen LogP contribution in [0.2, 0.25) is 0 Å². The van der Waals surface area contributed by atoms with Gasteiger partial charge in [0.15, 0.2) is 11.5 Å². The second-order valence-corrected chi connectivity index (χ2v) is 11.3. The summed E-state index contributed by atoms with van der Waals surface area (Å²) >= 11 is 0. The van der Waals surface area contributed by atoms with Crippen LogP contribution in [-0.2, 0) is 22.7 Å². The first-order valence-electron chi connectivity index (χ1n) is 15.0. The zero-order chi connectivity index (χ0) is 30.6. The third kappa shape index (κ3) is 6.10. The molecule has 4 amide bonds. The van der Waals surface area contributed by atoms with Crippen molar-refractivity contribution in [2.75, 3.05) is 20.3 Å². The van der Waals surface area contributed by atoms with Crippen LogP contribution in [0, 0.1) is 0 Å². The molecule has 3 aliphatic heterocycles. The fraction of sp³-hybridized carbons (Fsp3) is 0.353. The van der Waals surface area contributed by atoms with E-state index in [1.54, 1.807) is 37.4 Å². The minimum absolute atomic E-state index is 0.0926. The highest BCUT2D eigenvalue weighted by Gasteiger charge is 2.39. The van der Waals surface area contributed by atoms with Gasteiger partial charge in [0.1, 0.15) is 25.0 Å². The van der Waals surface area contributed by atoms with Crippen molar-refractivity contribution in [1.82, 2.24) is 15.1 Å². The molecule has 0 saturated carbocycles. The summed E-state index contributed by atoms with van der Waals surface area (Å²) in [5.74, 6) is 0.591. The number of ether oxygens (including phenoxy) is 3. The standard InChI is InChI=1S/C34H35N3O7/c1-42-29-14-10-23(18-30(29)44-20-22-7-3-2-4-8-22)33(40)36-16-6-5-9-25(36)21-43-26-11-12-27-24(17-26)19-37(34(27)41)28-13-15-31(38)35-32(28)39/h2-4,7-8,10-12,14,17-18,25,28H,5-6,9,13,15-16,19-21H2,1H3,(H,35,38,39)/t25-,28?/m0/s1. The van der Waals surface area contributed by atoms with E-state index in [9.17, 15) is 19.2 Å². The molecular formula is C34H35N3O7. The predicted octanol–water partition coefficient (Wildman–Crippen LogP) is 4.11. The maximum atomic E-state index is 13.7. The highest BCUT2D eigenvalue weighted by atomic mass is 16.5. The number of fused-ring (bicyclic) bond motifs is 1. The van der Waals surface area contributed by atoms with E-state index in [-0.39, 0.29) is 36.7 Å². The number of hydrogen-bond acceptors (Lipinski definition) is 7. The molecule has 2 saturated heterocycles. The molecule has 228 valence electrons. The van der Waals surface area contributed by atoms with E-state index in [0.717, 1.165) is 30.4 Å². The van der Waals surface area contributed by atoms with Crippen molar-refractivity contribution in [2.45, 2.75) is 57.3 Å². The van der Waals surface area contributed by atoms with Crippen LogP contribution in [0.4, 0.5) is 0 Å². The minimum atomic E-state index is -0.666. The zero-order valence-electron chi connectivity index (χ0n) is 24.6. The van der Waals surface area contributed by atoms with Crippen molar-refractivity contribution in [3.63, 3.8) is 0 Å². The second kappa shape index (κ2) is 12.8. The molecule has 2 atom stereocenters. The van der Waals surface area contributed by atoms with Gasteiger partial charge in [0.05, 0.1) is 13.2 Å². The molecule has 0 radical (unpaired) electrons. The van der Waals surface area contributed by atoms with Crippen LogP contribution in [0.1, 0.15) is 63.9 Å². The van der Waals surface area contributed by atoms with E-state index in [0.29, 0.717) is 54.6 Å². The first-order valence-corrected chi connectivity index (χ1v) is 15.0. The number of nitrogens with zero attached hydrogens (tertiary/aromatic N) is 2. The molecule has 3 aromatic rings. The molecular weight excluding hydrogens is 562 g/mol. The van der Waals surface area contributed by atoms with E-state index >= 15 is 0 Å². The lowest BCUT2D eigenvalue weighted by molar-refractivity contribution is -0.136. The van der Waals surface area contributed by atoms with Crippen LogP contribution >= 0.6 is 0 Å².